The second-order valence-electron chi connectivity index (χ2n) is 8.06. The van der Waals surface area contributed by atoms with Gasteiger partial charge in [-0.05, 0) is 49.7 Å². The number of amides is 2. The van der Waals surface area contributed by atoms with Crippen molar-refractivity contribution >= 4 is 11.8 Å². The smallest absolute Gasteiger partial charge is 0.225 e. The average molecular weight is 371 g/mol. The molecule has 4 nitrogen and oxygen atoms in total. The maximum atomic E-state index is 12.8. The van der Waals surface area contributed by atoms with Crippen molar-refractivity contribution in [1.82, 2.24) is 9.80 Å². The quantitative estimate of drug-likeness (QED) is 0.790. The molecule has 2 aliphatic heterocycles. The number of carbonyl (C=O) groups excluding carboxylic acids is 2. The fourth-order valence-electron chi connectivity index (χ4n) is 4.28. The van der Waals surface area contributed by atoms with Crippen LogP contribution < -0.4 is 0 Å². The first-order valence-corrected chi connectivity index (χ1v) is 10.8. The van der Waals surface area contributed by atoms with Crippen molar-refractivity contribution in [2.24, 2.45) is 5.92 Å². The zero-order valence-corrected chi connectivity index (χ0v) is 16.8. The van der Waals surface area contributed by atoms with Gasteiger partial charge in [-0.2, -0.15) is 0 Å². The highest BCUT2D eigenvalue weighted by atomic mass is 16.2. The second-order valence-corrected chi connectivity index (χ2v) is 8.06. The van der Waals surface area contributed by atoms with Crippen molar-refractivity contribution in [3.8, 4) is 0 Å². The lowest BCUT2D eigenvalue weighted by Crippen LogP contribution is -2.44. The van der Waals surface area contributed by atoms with Crippen molar-refractivity contribution in [2.45, 2.75) is 64.7 Å². The lowest BCUT2D eigenvalue weighted by Gasteiger charge is -2.34. The summed E-state index contributed by atoms with van der Waals surface area (Å²) < 4.78 is 0. The molecular weight excluding hydrogens is 336 g/mol. The van der Waals surface area contributed by atoms with Crippen molar-refractivity contribution < 1.29 is 9.59 Å². The van der Waals surface area contributed by atoms with Gasteiger partial charge in [0.15, 0.2) is 0 Å². The third-order valence-corrected chi connectivity index (χ3v) is 6.17. The van der Waals surface area contributed by atoms with Gasteiger partial charge in [-0.3, -0.25) is 9.59 Å². The van der Waals surface area contributed by atoms with Crippen LogP contribution in [-0.2, 0) is 22.4 Å². The maximum Gasteiger partial charge on any atom is 0.225 e. The van der Waals surface area contributed by atoms with Crippen LogP contribution in [0.4, 0.5) is 0 Å². The van der Waals surface area contributed by atoms with E-state index in [1.54, 1.807) is 0 Å². The third kappa shape index (κ3) is 5.57. The summed E-state index contributed by atoms with van der Waals surface area (Å²) in [5, 5.41) is 0. The normalized spacial score (nSPS) is 19.0. The fourth-order valence-corrected chi connectivity index (χ4v) is 4.28. The van der Waals surface area contributed by atoms with Crippen molar-refractivity contribution in [2.75, 3.05) is 26.2 Å². The zero-order valence-electron chi connectivity index (χ0n) is 16.8. The molecule has 2 saturated heterocycles. The van der Waals surface area contributed by atoms with E-state index in [1.165, 1.54) is 24.0 Å². The highest BCUT2D eigenvalue weighted by Crippen LogP contribution is 2.22. The Hall–Kier alpha value is -1.84. The first kappa shape index (κ1) is 19.9. The molecule has 4 heteroatoms. The molecule has 1 aromatic carbocycles. The molecule has 0 radical (unpaired) electrons. The first-order chi connectivity index (χ1) is 13.2. The van der Waals surface area contributed by atoms with Crippen molar-refractivity contribution in [3.05, 3.63) is 35.4 Å². The molecule has 0 unspecified atom stereocenters. The Morgan fingerprint density at radius 1 is 0.852 bits per heavy atom. The summed E-state index contributed by atoms with van der Waals surface area (Å²) in [7, 11) is 0. The van der Waals surface area contributed by atoms with Gasteiger partial charge in [0.1, 0.15) is 0 Å². The van der Waals surface area contributed by atoms with Gasteiger partial charge >= 0.3 is 0 Å². The summed E-state index contributed by atoms with van der Waals surface area (Å²) in [6.07, 6.45) is 8.84. The zero-order chi connectivity index (χ0) is 19.1. The van der Waals surface area contributed by atoms with E-state index in [1.807, 2.05) is 4.90 Å². The van der Waals surface area contributed by atoms with E-state index in [2.05, 4.69) is 36.1 Å². The van der Waals surface area contributed by atoms with Crippen LogP contribution in [-0.4, -0.2) is 47.8 Å². The van der Waals surface area contributed by atoms with E-state index in [-0.39, 0.29) is 11.8 Å². The molecule has 0 aliphatic carbocycles. The summed E-state index contributed by atoms with van der Waals surface area (Å²) in [6, 6.07) is 8.58. The summed E-state index contributed by atoms with van der Waals surface area (Å²) in [6.45, 7) is 5.47. The van der Waals surface area contributed by atoms with Gasteiger partial charge in [-0.15, -0.1) is 0 Å². The minimum atomic E-state index is 0.119. The van der Waals surface area contributed by atoms with Gasteiger partial charge in [0.05, 0.1) is 0 Å². The molecule has 148 valence electrons. The van der Waals surface area contributed by atoms with Crippen LogP contribution in [0.25, 0.3) is 0 Å². The number of nitrogens with zero attached hydrogens (tertiary/aromatic N) is 2. The van der Waals surface area contributed by atoms with Gasteiger partial charge in [0.25, 0.3) is 0 Å². The number of benzene rings is 1. The van der Waals surface area contributed by atoms with Crippen LogP contribution in [0.3, 0.4) is 0 Å². The van der Waals surface area contributed by atoms with E-state index in [0.29, 0.717) is 12.3 Å². The molecule has 0 aromatic heterocycles. The molecule has 27 heavy (non-hydrogen) atoms. The lowest BCUT2D eigenvalue weighted by atomic mass is 9.94. The van der Waals surface area contributed by atoms with Crippen LogP contribution in [0.15, 0.2) is 24.3 Å². The van der Waals surface area contributed by atoms with E-state index < -0.39 is 0 Å². The molecule has 0 atom stereocenters. The lowest BCUT2D eigenvalue weighted by molar-refractivity contribution is -0.140. The number of piperidine rings is 1. The number of carbonyl (C=O) groups is 2. The SMILES string of the molecule is CCc1ccc(CCC(=O)N2CCC(C(=O)N3CCCCCC3)CC2)cc1. The molecule has 3 rings (SSSR count). The Bertz CT molecular complexity index is 610. The monoisotopic (exact) mass is 370 g/mol. The molecule has 2 aliphatic rings. The van der Waals surface area contributed by atoms with Crippen LogP contribution in [0.1, 0.15) is 63.0 Å². The Balaban J connectivity index is 1.42. The predicted molar refractivity (Wildman–Crippen MR) is 108 cm³/mol. The molecule has 1 aromatic rings. The Morgan fingerprint density at radius 2 is 1.44 bits per heavy atom. The Kier molecular flexibility index (Phi) is 7.31. The summed E-state index contributed by atoms with van der Waals surface area (Å²) in [5.41, 5.74) is 2.56. The highest BCUT2D eigenvalue weighted by Gasteiger charge is 2.30. The number of hydrogen-bond donors (Lipinski definition) is 0. The molecule has 0 bridgehead atoms. The van der Waals surface area contributed by atoms with Crippen molar-refractivity contribution in [1.29, 1.82) is 0 Å². The van der Waals surface area contributed by atoms with Crippen LogP contribution in [0, 0.1) is 5.92 Å². The molecule has 0 saturated carbocycles. The van der Waals surface area contributed by atoms with E-state index in [9.17, 15) is 9.59 Å². The Labute approximate surface area is 163 Å². The molecule has 2 amide bonds. The van der Waals surface area contributed by atoms with E-state index in [0.717, 1.165) is 64.7 Å². The van der Waals surface area contributed by atoms with Crippen LogP contribution in [0.5, 0.6) is 0 Å². The number of aryl methyl sites for hydroxylation is 2. The molecule has 2 fully saturated rings. The second kappa shape index (κ2) is 9.91. The van der Waals surface area contributed by atoms with Crippen molar-refractivity contribution in [3.63, 3.8) is 0 Å². The molecule has 2 heterocycles. The number of likely N-dealkylation sites (tertiary alicyclic amines) is 2. The maximum absolute atomic E-state index is 12.8. The largest absolute Gasteiger partial charge is 0.343 e. The highest BCUT2D eigenvalue weighted by molar-refractivity contribution is 5.80. The van der Waals surface area contributed by atoms with Gasteiger partial charge in [-0.1, -0.05) is 44.0 Å². The minimum absolute atomic E-state index is 0.119. The predicted octanol–water partition coefficient (Wildman–Crippen LogP) is 3.82. The first-order valence-electron chi connectivity index (χ1n) is 10.8. The molecular formula is C23H34N2O2. The van der Waals surface area contributed by atoms with Gasteiger partial charge in [0.2, 0.25) is 11.8 Å². The average Bonchev–Trinajstić information content (AvgIpc) is 3.01. The summed E-state index contributed by atoms with van der Waals surface area (Å²) in [4.78, 5) is 29.4. The number of rotatable bonds is 5. The third-order valence-electron chi connectivity index (χ3n) is 6.17. The minimum Gasteiger partial charge on any atom is -0.343 e. The number of hydrogen-bond acceptors (Lipinski definition) is 2. The molecule has 0 spiro atoms. The van der Waals surface area contributed by atoms with E-state index >= 15 is 0 Å². The van der Waals surface area contributed by atoms with E-state index in [4.69, 9.17) is 0 Å². The summed E-state index contributed by atoms with van der Waals surface area (Å²) >= 11 is 0. The van der Waals surface area contributed by atoms with Gasteiger partial charge < -0.3 is 9.80 Å². The van der Waals surface area contributed by atoms with Gasteiger partial charge in [-0.25, -0.2) is 0 Å². The van der Waals surface area contributed by atoms with Gasteiger partial charge in [0, 0.05) is 38.5 Å². The fraction of sp³-hybridized carbons (Fsp3) is 0.652. The topological polar surface area (TPSA) is 40.6 Å². The standard InChI is InChI=1S/C23H34N2O2/c1-2-19-7-9-20(10-8-19)11-12-22(26)24-17-13-21(14-18-24)23(27)25-15-5-3-4-6-16-25/h7-10,21H,2-6,11-18H2,1H3. The molecule has 0 N–H and O–H groups in total. The Morgan fingerprint density at radius 3 is 2.04 bits per heavy atom. The summed E-state index contributed by atoms with van der Waals surface area (Å²) in [5.74, 6) is 0.684. The van der Waals surface area contributed by atoms with Crippen LogP contribution in [0.2, 0.25) is 0 Å². The van der Waals surface area contributed by atoms with Crippen LogP contribution >= 0.6 is 0 Å².